The fraction of sp³-hybridized carbons (Fsp3) is 0. The van der Waals surface area contributed by atoms with Gasteiger partial charge in [-0.15, -0.1) is 0 Å². The molecule has 0 aliphatic heterocycles. The summed E-state index contributed by atoms with van der Waals surface area (Å²) in [5.74, 6) is -0.556. The van der Waals surface area contributed by atoms with Gasteiger partial charge in [-0.05, 0) is 18.2 Å². The molecule has 0 saturated heterocycles. The molecule has 17 heavy (non-hydrogen) atoms. The molecule has 2 nitrogen and oxygen atoms in total. The van der Waals surface area contributed by atoms with Crippen molar-refractivity contribution in [3.63, 3.8) is 0 Å². The second-order valence-corrected chi connectivity index (χ2v) is 4.07. The smallest absolute Gasteiger partial charge is 0.168 e. The standard InChI is InChI=1S/C12H6Cl2FNO/c13-9-3-1-2-8(11(9)14)12-10(15)5-4-7(6-17)16-12/h1-6H. The van der Waals surface area contributed by atoms with E-state index < -0.39 is 5.82 Å². The molecule has 1 aromatic carbocycles. The van der Waals surface area contributed by atoms with Crippen LogP contribution in [-0.2, 0) is 0 Å². The molecule has 0 spiro atoms. The molecular formula is C12H6Cl2FNO. The maximum absolute atomic E-state index is 13.6. The summed E-state index contributed by atoms with van der Waals surface area (Å²) in [5.41, 5.74) is 0.514. The third kappa shape index (κ3) is 2.30. The molecule has 0 radical (unpaired) electrons. The molecule has 0 unspecified atom stereocenters. The molecule has 5 heteroatoms. The minimum absolute atomic E-state index is 0.0158. The molecule has 1 heterocycles. The normalized spacial score (nSPS) is 10.3. The zero-order valence-electron chi connectivity index (χ0n) is 8.45. The van der Waals surface area contributed by atoms with Crippen molar-refractivity contribution in [3.8, 4) is 11.3 Å². The van der Waals surface area contributed by atoms with Crippen molar-refractivity contribution in [1.29, 1.82) is 0 Å². The minimum atomic E-state index is -0.556. The van der Waals surface area contributed by atoms with Gasteiger partial charge in [0.05, 0.1) is 10.0 Å². The Morgan fingerprint density at radius 3 is 2.65 bits per heavy atom. The molecule has 0 atom stereocenters. The van der Waals surface area contributed by atoms with Gasteiger partial charge in [0.2, 0.25) is 0 Å². The third-order valence-electron chi connectivity index (χ3n) is 2.20. The molecule has 0 saturated carbocycles. The highest BCUT2D eigenvalue weighted by Gasteiger charge is 2.13. The lowest BCUT2D eigenvalue weighted by Crippen LogP contribution is -1.95. The average molecular weight is 270 g/mol. The molecule has 0 bridgehead atoms. The second-order valence-electron chi connectivity index (χ2n) is 3.29. The Morgan fingerprint density at radius 1 is 1.18 bits per heavy atom. The molecule has 86 valence electrons. The number of carbonyl (C=O) groups is 1. The van der Waals surface area contributed by atoms with Crippen LogP contribution in [0.2, 0.25) is 10.0 Å². The van der Waals surface area contributed by atoms with Crippen molar-refractivity contribution >= 4 is 29.5 Å². The maximum Gasteiger partial charge on any atom is 0.168 e. The summed E-state index contributed by atoms with van der Waals surface area (Å²) >= 11 is 11.8. The van der Waals surface area contributed by atoms with E-state index in [1.165, 1.54) is 12.1 Å². The van der Waals surface area contributed by atoms with Gasteiger partial charge in [-0.1, -0.05) is 35.3 Å². The Kier molecular flexibility index (Phi) is 3.41. The number of hydrogen-bond donors (Lipinski definition) is 0. The zero-order valence-corrected chi connectivity index (χ0v) is 9.97. The Morgan fingerprint density at radius 2 is 1.94 bits per heavy atom. The minimum Gasteiger partial charge on any atom is -0.296 e. The molecule has 0 fully saturated rings. The average Bonchev–Trinajstić information content (AvgIpc) is 2.34. The van der Waals surface area contributed by atoms with Crippen LogP contribution in [0.1, 0.15) is 10.5 Å². The first-order chi connectivity index (χ1) is 8.13. The summed E-state index contributed by atoms with van der Waals surface area (Å²) < 4.78 is 13.6. The van der Waals surface area contributed by atoms with Gasteiger partial charge in [-0.2, -0.15) is 0 Å². The van der Waals surface area contributed by atoms with E-state index in [0.717, 1.165) is 0 Å². The number of carbonyl (C=O) groups excluding carboxylic acids is 1. The van der Waals surface area contributed by atoms with Crippen LogP contribution in [0.15, 0.2) is 30.3 Å². The Balaban J connectivity index is 2.67. The van der Waals surface area contributed by atoms with Crippen LogP contribution in [0, 0.1) is 5.82 Å². The van der Waals surface area contributed by atoms with Crippen LogP contribution >= 0.6 is 23.2 Å². The van der Waals surface area contributed by atoms with Gasteiger partial charge in [0.15, 0.2) is 6.29 Å². The number of aldehydes is 1. The van der Waals surface area contributed by atoms with Gasteiger partial charge < -0.3 is 0 Å². The molecular weight excluding hydrogens is 264 g/mol. The number of pyridine rings is 1. The first-order valence-electron chi connectivity index (χ1n) is 4.69. The van der Waals surface area contributed by atoms with Gasteiger partial charge >= 0.3 is 0 Å². The van der Waals surface area contributed by atoms with Gasteiger partial charge in [0, 0.05) is 5.56 Å². The van der Waals surface area contributed by atoms with Gasteiger partial charge in [0.25, 0.3) is 0 Å². The van der Waals surface area contributed by atoms with E-state index in [9.17, 15) is 9.18 Å². The van der Waals surface area contributed by atoms with E-state index in [0.29, 0.717) is 16.9 Å². The summed E-state index contributed by atoms with van der Waals surface area (Å²) in [6, 6.07) is 7.29. The maximum atomic E-state index is 13.6. The Hall–Kier alpha value is -1.45. The largest absolute Gasteiger partial charge is 0.296 e. The fourth-order valence-corrected chi connectivity index (χ4v) is 1.79. The summed E-state index contributed by atoms with van der Waals surface area (Å²) in [6.45, 7) is 0. The van der Waals surface area contributed by atoms with Gasteiger partial charge in [-0.25, -0.2) is 9.37 Å². The highest BCUT2D eigenvalue weighted by atomic mass is 35.5. The summed E-state index contributed by atoms with van der Waals surface area (Å²) in [5, 5.41) is 0.519. The first kappa shape index (κ1) is 12.0. The lowest BCUT2D eigenvalue weighted by atomic mass is 10.1. The highest BCUT2D eigenvalue weighted by Crippen LogP contribution is 2.33. The summed E-state index contributed by atoms with van der Waals surface area (Å²) in [4.78, 5) is 14.5. The van der Waals surface area contributed by atoms with Crippen molar-refractivity contribution in [2.24, 2.45) is 0 Å². The van der Waals surface area contributed by atoms with Crippen LogP contribution in [0.5, 0.6) is 0 Å². The number of hydrogen-bond acceptors (Lipinski definition) is 2. The van der Waals surface area contributed by atoms with Gasteiger partial charge in [0.1, 0.15) is 17.2 Å². The van der Waals surface area contributed by atoms with Crippen LogP contribution in [0.3, 0.4) is 0 Å². The van der Waals surface area contributed by atoms with Crippen LogP contribution < -0.4 is 0 Å². The van der Waals surface area contributed by atoms with Gasteiger partial charge in [-0.3, -0.25) is 4.79 Å². The van der Waals surface area contributed by atoms with Crippen molar-refractivity contribution in [1.82, 2.24) is 4.98 Å². The topological polar surface area (TPSA) is 30.0 Å². The lowest BCUT2D eigenvalue weighted by molar-refractivity contribution is 0.111. The van der Waals surface area contributed by atoms with Crippen molar-refractivity contribution in [3.05, 3.63) is 51.9 Å². The molecule has 0 N–H and O–H groups in total. The Labute approximate surface area is 107 Å². The van der Waals surface area contributed by atoms with Crippen LogP contribution in [0.4, 0.5) is 4.39 Å². The molecule has 0 aliphatic carbocycles. The SMILES string of the molecule is O=Cc1ccc(F)c(-c2cccc(Cl)c2Cl)n1. The van der Waals surface area contributed by atoms with Crippen LogP contribution in [0.25, 0.3) is 11.3 Å². The van der Waals surface area contributed by atoms with E-state index in [2.05, 4.69) is 4.98 Å². The number of nitrogens with zero attached hydrogens (tertiary/aromatic N) is 1. The van der Waals surface area contributed by atoms with Crippen molar-refractivity contribution in [2.75, 3.05) is 0 Å². The lowest BCUT2D eigenvalue weighted by Gasteiger charge is -2.06. The van der Waals surface area contributed by atoms with E-state index in [-0.39, 0.29) is 16.4 Å². The number of aromatic nitrogens is 1. The number of halogens is 3. The number of rotatable bonds is 2. The molecule has 0 aliphatic rings. The summed E-state index contributed by atoms with van der Waals surface area (Å²) in [6.07, 6.45) is 0.543. The monoisotopic (exact) mass is 269 g/mol. The van der Waals surface area contributed by atoms with Crippen LogP contribution in [-0.4, -0.2) is 11.3 Å². The number of benzene rings is 1. The predicted molar refractivity (Wildman–Crippen MR) is 65.0 cm³/mol. The van der Waals surface area contributed by atoms with Crippen molar-refractivity contribution in [2.45, 2.75) is 0 Å². The quantitative estimate of drug-likeness (QED) is 0.772. The predicted octanol–water partition coefficient (Wildman–Crippen LogP) is 4.01. The van der Waals surface area contributed by atoms with E-state index in [1.807, 2.05) is 0 Å². The van der Waals surface area contributed by atoms with E-state index in [4.69, 9.17) is 23.2 Å². The van der Waals surface area contributed by atoms with E-state index >= 15 is 0 Å². The Bertz CT molecular complexity index is 587. The third-order valence-corrected chi connectivity index (χ3v) is 3.01. The summed E-state index contributed by atoms with van der Waals surface area (Å²) in [7, 11) is 0. The highest BCUT2D eigenvalue weighted by molar-refractivity contribution is 6.43. The zero-order chi connectivity index (χ0) is 12.4. The van der Waals surface area contributed by atoms with E-state index in [1.54, 1.807) is 18.2 Å². The molecule has 1 aromatic heterocycles. The molecule has 0 amide bonds. The van der Waals surface area contributed by atoms with Crippen molar-refractivity contribution < 1.29 is 9.18 Å². The second kappa shape index (κ2) is 4.82. The molecule has 2 rings (SSSR count). The molecule has 2 aromatic rings. The first-order valence-corrected chi connectivity index (χ1v) is 5.45. The fourth-order valence-electron chi connectivity index (χ4n) is 1.40.